The molecule has 4 fully saturated rings. The molecule has 2 bridgehead atoms. The van der Waals surface area contributed by atoms with Crippen LogP contribution < -0.4 is 4.74 Å². The highest BCUT2D eigenvalue weighted by Gasteiger charge is 2.70. The number of hydrogen-bond donors (Lipinski definition) is 0. The Bertz CT molecular complexity index is 1400. The van der Waals surface area contributed by atoms with Crippen LogP contribution in [0.2, 0.25) is 0 Å². The molecule has 15 heteroatoms. The largest absolute Gasteiger partial charge is 0.743 e. The Hall–Kier alpha value is -2.14. The lowest BCUT2D eigenvalue weighted by Crippen LogP contribution is -2.44. The molecule has 1 aliphatic heterocycles. The number of rotatable bonds is 11. The van der Waals surface area contributed by atoms with Crippen molar-refractivity contribution in [3.8, 4) is 5.75 Å². The highest BCUT2D eigenvalue weighted by molar-refractivity contribution is 14.1. The van der Waals surface area contributed by atoms with Gasteiger partial charge in [0.25, 0.3) is 0 Å². The number of esters is 3. The van der Waals surface area contributed by atoms with Gasteiger partial charge in [0.1, 0.15) is 23.6 Å². The van der Waals surface area contributed by atoms with Crippen LogP contribution in [0.5, 0.6) is 5.75 Å². The first-order valence-corrected chi connectivity index (χ1v) is 16.6. The lowest BCUT2D eigenvalue weighted by Gasteiger charge is -2.35. The van der Waals surface area contributed by atoms with E-state index in [2.05, 4.69) is 36.4 Å². The molecule has 0 N–H and O–H groups in total. The van der Waals surface area contributed by atoms with E-state index in [1.165, 1.54) is 0 Å². The number of ether oxygens (including phenoxy) is 4. The molecular weight excluding hydrogens is 712 g/mol. The standard InChI is InChI=1S/C28H32F3IO10S/c1-13(2)27(8-3-4-9-27)42-18-11-14(5-6-17(18)32)24(33)40-22-15-12-16-21(26(35)41-23(16)22)20(15)25(34)39-10-7-19(29)28(30,31)43(36,37)38/h5-6,11,13,15-16,19-23H,3-4,7-10,12H2,1-2H3,(H,36,37,38)/p-1. The van der Waals surface area contributed by atoms with E-state index in [1.54, 1.807) is 18.2 Å². The van der Waals surface area contributed by atoms with Gasteiger partial charge in [-0.15, -0.1) is 0 Å². The molecule has 1 aromatic rings. The lowest BCUT2D eigenvalue weighted by atomic mass is 9.78. The van der Waals surface area contributed by atoms with Crippen LogP contribution in [-0.2, 0) is 33.9 Å². The first kappa shape index (κ1) is 32.3. The Morgan fingerprint density at radius 1 is 1.21 bits per heavy atom. The van der Waals surface area contributed by atoms with E-state index in [0.717, 1.165) is 29.3 Å². The molecular formula is C28H31F3IO10S-. The summed E-state index contributed by atoms with van der Waals surface area (Å²) in [5.74, 6) is -4.79. The van der Waals surface area contributed by atoms with Crippen molar-refractivity contribution < 1.29 is 59.5 Å². The molecule has 1 heterocycles. The maximum atomic E-state index is 13.8. The fraction of sp³-hybridized carbons (Fsp3) is 0.679. The number of benzene rings is 1. The zero-order chi connectivity index (χ0) is 31.5. The van der Waals surface area contributed by atoms with E-state index >= 15 is 0 Å². The van der Waals surface area contributed by atoms with Crippen molar-refractivity contribution in [1.82, 2.24) is 0 Å². The van der Waals surface area contributed by atoms with Gasteiger partial charge in [-0.25, -0.2) is 17.6 Å². The third-order valence-corrected chi connectivity index (χ3v) is 11.2. The minimum absolute atomic E-state index is 0.207. The van der Waals surface area contributed by atoms with E-state index in [0.29, 0.717) is 12.2 Å². The summed E-state index contributed by atoms with van der Waals surface area (Å²) in [6.07, 6.45) is -2.21. The smallest absolute Gasteiger partial charge is 0.364 e. The van der Waals surface area contributed by atoms with Crippen molar-refractivity contribution in [3.63, 3.8) is 0 Å². The summed E-state index contributed by atoms with van der Waals surface area (Å²) in [7, 11) is -6.27. The SMILES string of the molecule is CC(C)C1(Oc2cc(C(=O)OC3C4CC5C3OC(=O)C5C4C(=O)OCCC(F)C(F)(F)S(=O)(=O)[O-])ccc2I)CCCC1. The summed E-state index contributed by atoms with van der Waals surface area (Å²) in [6, 6.07) is 4.93. The maximum Gasteiger partial charge on any atom is 0.364 e. The number of hydrogen-bond acceptors (Lipinski definition) is 10. The van der Waals surface area contributed by atoms with Crippen LogP contribution in [0, 0.1) is 33.2 Å². The number of halogens is 4. The molecule has 10 nitrogen and oxygen atoms in total. The van der Waals surface area contributed by atoms with Crippen LogP contribution in [0.1, 0.15) is 62.7 Å². The molecule has 3 saturated carbocycles. The average Bonchev–Trinajstić information content (AvgIpc) is 3.68. The van der Waals surface area contributed by atoms with Crippen LogP contribution >= 0.6 is 22.6 Å². The lowest BCUT2D eigenvalue weighted by molar-refractivity contribution is -0.157. The van der Waals surface area contributed by atoms with Gasteiger partial charge in [0.15, 0.2) is 16.3 Å². The molecule has 0 amide bonds. The summed E-state index contributed by atoms with van der Waals surface area (Å²) in [4.78, 5) is 38.9. The summed E-state index contributed by atoms with van der Waals surface area (Å²) < 4.78 is 96.1. The molecule has 238 valence electrons. The minimum atomic E-state index is -6.27. The fourth-order valence-corrected chi connectivity index (χ4v) is 7.92. The predicted molar refractivity (Wildman–Crippen MR) is 149 cm³/mol. The molecule has 1 saturated heterocycles. The van der Waals surface area contributed by atoms with Crippen molar-refractivity contribution in [2.75, 3.05) is 6.61 Å². The third kappa shape index (κ3) is 5.73. The Balaban J connectivity index is 1.27. The molecule has 43 heavy (non-hydrogen) atoms. The second kappa shape index (κ2) is 11.7. The topological polar surface area (TPSA) is 145 Å². The van der Waals surface area contributed by atoms with Gasteiger partial charge in [0.05, 0.1) is 27.6 Å². The molecule has 7 unspecified atom stereocenters. The third-order valence-electron chi connectivity index (χ3n) is 9.36. The minimum Gasteiger partial charge on any atom is -0.743 e. The van der Waals surface area contributed by atoms with Crippen molar-refractivity contribution in [1.29, 1.82) is 0 Å². The highest BCUT2D eigenvalue weighted by Crippen LogP contribution is 2.59. The number of alkyl halides is 3. The van der Waals surface area contributed by atoms with Crippen molar-refractivity contribution in [2.45, 2.75) is 81.6 Å². The Labute approximate surface area is 260 Å². The Morgan fingerprint density at radius 3 is 2.51 bits per heavy atom. The molecule has 7 atom stereocenters. The van der Waals surface area contributed by atoms with Crippen molar-refractivity contribution >= 4 is 50.6 Å². The number of carbonyl (C=O) groups is 3. The molecule has 1 aromatic carbocycles. The number of fused-ring (bicyclic) bond motifs is 1. The van der Waals surface area contributed by atoms with Gasteiger partial charge in [-0.05, 0) is 78.8 Å². The van der Waals surface area contributed by atoms with Crippen molar-refractivity contribution in [2.24, 2.45) is 29.6 Å². The Kier molecular flexibility index (Phi) is 8.74. The molecule has 0 radical (unpaired) electrons. The van der Waals surface area contributed by atoms with Gasteiger partial charge < -0.3 is 23.5 Å². The van der Waals surface area contributed by atoms with Crippen molar-refractivity contribution in [3.05, 3.63) is 27.3 Å². The fourth-order valence-electron chi connectivity index (χ4n) is 7.04. The first-order valence-electron chi connectivity index (χ1n) is 14.1. The first-order chi connectivity index (χ1) is 20.1. The second-order valence-electron chi connectivity index (χ2n) is 12.0. The highest BCUT2D eigenvalue weighted by atomic mass is 127. The van der Waals surface area contributed by atoms with E-state index in [4.69, 9.17) is 18.9 Å². The molecule has 3 aliphatic carbocycles. The summed E-state index contributed by atoms with van der Waals surface area (Å²) >= 11 is 2.14. The van der Waals surface area contributed by atoms with Gasteiger partial charge in [0.2, 0.25) is 0 Å². The quantitative estimate of drug-likeness (QED) is 0.139. The molecule has 5 rings (SSSR count). The van der Waals surface area contributed by atoms with Crippen LogP contribution in [0.4, 0.5) is 13.2 Å². The summed E-state index contributed by atoms with van der Waals surface area (Å²) in [6.45, 7) is 3.24. The second-order valence-corrected chi connectivity index (χ2v) is 14.6. The predicted octanol–water partition coefficient (Wildman–Crippen LogP) is 4.38. The molecule has 4 aliphatic rings. The monoisotopic (exact) mass is 743 g/mol. The van der Waals surface area contributed by atoms with Crippen LogP contribution in [0.15, 0.2) is 18.2 Å². The van der Waals surface area contributed by atoms with Gasteiger partial charge in [0, 0.05) is 18.3 Å². The van der Waals surface area contributed by atoms with Crippen LogP contribution in [-0.4, -0.2) is 66.7 Å². The maximum absolute atomic E-state index is 13.8. The van der Waals surface area contributed by atoms with E-state index < -0.39 is 88.4 Å². The van der Waals surface area contributed by atoms with Gasteiger partial charge in [-0.3, -0.25) is 9.59 Å². The zero-order valence-electron chi connectivity index (χ0n) is 23.3. The van der Waals surface area contributed by atoms with Gasteiger partial charge >= 0.3 is 23.2 Å². The number of carbonyl (C=O) groups excluding carboxylic acids is 3. The normalized spacial score (nSPS) is 29.9. The molecule has 0 aromatic heterocycles. The average molecular weight is 744 g/mol. The van der Waals surface area contributed by atoms with Crippen LogP contribution in [0.25, 0.3) is 0 Å². The summed E-state index contributed by atoms with van der Waals surface area (Å²) in [5, 5.41) is -5.19. The Morgan fingerprint density at radius 2 is 1.88 bits per heavy atom. The zero-order valence-corrected chi connectivity index (χ0v) is 26.3. The van der Waals surface area contributed by atoms with Gasteiger partial charge in [-0.2, -0.15) is 8.78 Å². The van der Waals surface area contributed by atoms with E-state index in [9.17, 15) is 40.5 Å². The van der Waals surface area contributed by atoms with E-state index in [-0.39, 0.29) is 17.1 Å². The van der Waals surface area contributed by atoms with Crippen LogP contribution in [0.3, 0.4) is 0 Å². The van der Waals surface area contributed by atoms with Gasteiger partial charge in [-0.1, -0.05) is 13.8 Å². The summed E-state index contributed by atoms with van der Waals surface area (Å²) in [5.41, 5.74) is -0.131. The van der Waals surface area contributed by atoms with E-state index in [1.807, 2.05) is 0 Å². The molecule has 0 spiro atoms.